The highest BCUT2D eigenvalue weighted by Crippen LogP contribution is 2.41. The summed E-state index contributed by atoms with van der Waals surface area (Å²) in [4.78, 5) is 25.8. The van der Waals surface area contributed by atoms with E-state index in [4.69, 9.17) is 31.0 Å². The van der Waals surface area contributed by atoms with Crippen LogP contribution >= 0.6 is 11.6 Å². The Morgan fingerprint density at radius 3 is 2.48 bits per heavy atom. The van der Waals surface area contributed by atoms with Crippen LogP contribution in [-0.4, -0.2) is 80.3 Å². The zero-order valence-corrected chi connectivity index (χ0v) is 19.3. The third-order valence-corrected chi connectivity index (χ3v) is 6.91. The third kappa shape index (κ3) is 5.90. The molecule has 8 heteroatoms. The number of halogens is 1. The van der Waals surface area contributed by atoms with Crippen molar-refractivity contribution in [2.75, 3.05) is 40.9 Å². The van der Waals surface area contributed by atoms with Gasteiger partial charge in [-0.3, -0.25) is 9.59 Å². The smallest absolute Gasteiger partial charge is 0.290 e. The van der Waals surface area contributed by atoms with Crippen LogP contribution in [0.1, 0.15) is 36.0 Å². The number of fused-ring (bicyclic) bond motifs is 1. The molecule has 0 radical (unpaired) electrons. The summed E-state index contributed by atoms with van der Waals surface area (Å²) in [5, 5.41) is 7.47. The van der Waals surface area contributed by atoms with E-state index in [2.05, 4.69) is 19.0 Å². The molecule has 1 amide bonds. The molecule has 0 aromatic heterocycles. The Balaban J connectivity index is 0.000000858. The van der Waals surface area contributed by atoms with Gasteiger partial charge in [0.15, 0.2) is 0 Å². The molecule has 4 atom stereocenters. The van der Waals surface area contributed by atoms with Crippen molar-refractivity contribution in [3.8, 4) is 5.75 Å². The van der Waals surface area contributed by atoms with Crippen LogP contribution in [0.25, 0.3) is 0 Å². The quantitative estimate of drug-likeness (QED) is 0.667. The molecule has 3 aliphatic rings. The van der Waals surface area contributed by atoms with Gasteiger partial charge in [0.05, 0.1) is 18.8 Å². The first-order chi connectivity index (χ1) is 14.9. The zero-order valence-electron chi connectivity index (χ0n) is 18.5. The van der Waals surface area contributed by atoms with Crippen LogP contribution in [0.5, 0.6) is 5.75 Å². The molecule has 1 heterocycles. The number of benzene rings is 1. The normalized spacial score (nSPS) is 27.3. The van der Waals surface area contributed by atoms with Crippen molar-refractivity contribution in [3.63, 3.8) is 0 Å². The maximum Gasteiger partial charge on any atom is 0.290 e. The highest BCUT2D eigenvalue weighted by Gasteiger charge is 2.45. The van der Waals surface area contributed by atoms with Gasteiger partial charge in [0.1, 0.15) is 5.75 Å². The highest BCUT2D eigenvalue weighted by atomic mass is 35.5. The highest BCUT2D eigenvalue weighted by molar-refractivity contribution is 6.30. The Hall–Kier alpha value is -1.83. The van der Waals surface area contributed by atoms with E-state index in [1.54, 1.807) is 25.3 Å². The van der Waals surface area contributed by atoms with Gasteiger partial charge < -0.3 is 24.4 Å². The number of hydrogen-bond donors (Lipinski definition) is 1. The van der Waals surface area contributed by atoms with E-state index >= 15 is 0 Å². The summed E-state index contributed by atoms with van der Waals surface area (Å²) in [6.45, 7) is 2.27. The summed E-state index contributed by atoms with van der Waals surface area (Å²) >= 11 is 6.05. The number of methoxy groups -OCH3 is 1. The Labute approximate surface area is 189 Å². The van der Waals surface area contributed by atoms with E-state index < -0.39 is 0 Å². The lowest BCUT2D eigenvalue weighted by molar-refractivity contribution is -0.122. The van der Waals surface area contributed by atoms with Crippen LogP contribution in [0.2, 0.25) is 5.02 Å². The Bertz CT molecular complexity index is 770. The van der Waals surface area contributed by atoms with E-state index in [9.17, 15) is 4.79 Å². The molecule has 1 aromatic carbocycles. The molecule has 7 nitrogen and oxygen atoms in total. The second-order valence-electron chi connectivity index (χ2n) is 9.00. The number of carboxylic acid groups (broad SMARTS) is 1. The van der Waals surface area contributed by atoms with Gasteiger partial charge in [0.2, 0.25) is 0 Å². The molecule has 31 heavy (non-hydrogen) atoms. The average molecular weight is 453 g/mol. The van der Waals surface area contributed by atoms with Gasteiger partial charge in [-0.05, 0) is 75.7 Å². The van der Waals surface area contributed by atoms with Crippen LogP contribution in [0.3, 0.4) is 0 Å². The number of nitrogens with zero attached hydrogens (tertiary/aromatic N) is 2. The molecule has 0 spiro atoms. The van der Waals surface area contributed by atoms with Gasteiger partial charge in [-0.15, -0.1) is 0 Å². The van der Waals surface area contributed by atoms with Crippen molar-refractivity contribution >= 4 is 24.0 Å². The molecular formula is C23H33ClN2O5. The van der Waals surface area contributed by atoms with Gasteiger partial charge in [-0.2, -0.15) is 0 Å². The summed E-state index contributed by atoms with van der Waals surface area (Å²) in [5.74, 6) is 2.42. The van der Waals surface area contributed by atoms with Crippen molar-refractivity contribution in [1.82, 2.24) is 9.80 Å². The number of likely N-dealkylation sites (N-methyl/N-ethyl adjacent to an activating group) is 1. The molecule has 1 saturated heterocycles. The van der Waals surface area contributed by atoms with Gasteiger partial charge in [0, 0.05) is 30.8 Å². The Morgan fingerprint density at radius 2 is 1.90 bits per heavy atom. The van der Waals surface area contributed by atoms with E-state index in [-0.39, 0.29) is 18.5 Å². The van der Waals surface area contributed by atoms with Gasteiger partial charge in [-0.1, -0.05) is 11.6 Å². The van der Waals surface area contributed by atoms with E-state index in [1.807, 2.05) is 4.90 Å². The first-order valence-electron chi connectivity index (χ1n) is 10.9. The molecule has 1 N–H and O–H groups in total. The Kier molecular flexibility index (Phi) is 8.19. The van der Waals surface area contributed by atoms with E-state index in [0.29, 0.717) is 34.2 Å². The van der Waals surface area contributed by atoms with Crippen molar-refractivity contribution in [1.29, 1.82) is 0 Å². The SMILES string of the molecule is COc1cc(Cl)ccc1C(=O)N1C[C@H]2C[C@@H](N(C)C)[C@H](OCC3CC3)C[C@H]2C1.O=CO. The van der Waals surface area contributed by atoms with Crippen molar-refractivity contribution < 1.29 is 24.2 Å². The molecule has 0 unspecified atom stereocenters. The molecule has 0 bridgehead atoms. The van der Waals surface area contributed by atoms with E-state index in [1.165, 1.54) is 12.8 Å². The predicted molar refractivity (Wildman–Crippen MR) is 119 cm³/mol. The largest absolute Gasteiger partial charge is 0.496 e. The predicted octanol–water partition coefficient (Wildman–Crippen LogP) is 3.26. The van der Waals surface area contributed by atoms with Crippen molar-refractivity contribution in [3.05, 3.63) is 28.8 Å². The molecule has 3 fully saturated rings. The molecular weight excluding hydrogens is 420 g/mol. The van der Waals surface area contributed by atoms with Gasteiger partial charge >= 0.3 is 0 Å². The number of rotatable bonds is 6. The lowest BCUT2D eigenvalue weighted by atomic mass is 9.77. The number of likely N-dealkylation sites (tertiary alicyclic amines) is 1. The standard InChI is InChI=1S/C22H31ClN2O3.CH2O2/c1-24(2)19-8-15-11-25(12-16(15)9-21(19)28-13-14-4-5-14)22(26)18-7-6-17(23)10-20(18)27-3;2-1-3/h6-7,10,14-16,19,21H,4-5,8-9,11-13H2,1-3H3;1H,(H,2,3)/t15-,16+,19-,21-;/m1./s1. The van der Waals surface area contributed by atoms with Crippen molar-refractivity contribution in [2.24, 2.45) is 17.8 Å². The minimum Gasteiger partial charge on any atom is -0.496 e. The minimum atomic E-state index is -0.250. The molecule has 1 aromatic rings. The monoisotopic (exact) mass is 452 g/mol. The zero-order chi connectivity index (χ0) is 22.5. The summed E-state index contributed by atoms with van der Waals surface area (Å²) in [5.41, 5.74) is 0.594. The van der Waals surface area contributed by atoms with Crippen LogP contribution in [-0.2, 0) is 9.53 Å². The molecule has 1 aliphatic heterocycles. The number of hydrogen-bond acceptors (Lipinski definition) is 5. The lowest BCUT2D eigenvalue weighted by Crippen LogP contribution is -2.48. The first-order valence-corrected chi connectivity index (χ1v) is 11.2. The van der Waals surface area contributed by atoms with Crippen LogP contribution in [0.4, 0.5) is 0 Å². The maximum atomic E-state index is 13.2. The van der Waals surface area contributed by atoms with Crippen LogP contribution in [0.15, 0.2) is 18.2 Å². The van der Waals surface area contributed by atoms with Gasteiger partial charge in [0.25, 0.3) is 12.4 Å². The minimum absolute atomic E-state index is 0.0415. The fourth-order valence-electron chi connectivity index (χ4n) is 4.83. The number of carbonyl (C=O) groups excluding carboxylic acids is 1. The maximum absolute atomic E-state index is 13.2. The average Bonchev–Trinajstić information content (AvgIpc) is 3.48. The third-order valence-electron chi connectivity index (χ3n) is 6.67. The second kappa shape index (κ2) is 10.7. The first kappa shape index (κ1) is 23.8. The van der Waals surface area contributed by atoms with Gasteiger partial charge in [-0.25, -0.2) is 0 Å². The van der Waals surface area contributed by atoms with E-state index in [0.717, 1.165) is 38.5 Å². The van der Waals surface area contributed by atoms with Crippen LogP contribution < -0.4 is 4.74 Å². The summed E-state index contributed by atoms with van der Waals surface area (Å²) < 4.78 is 11.7. The fourth-order valence-corrected chi connectivity index (χ4v) is 5.00. The fraction of sp³-hybridized carbons (Fsp3) is 0.652. The van der Waals surface area contributed by atoms with Crippen LogP contribution in [0, 0.1) is 17.8 Å². The molecule has 2 aliphatic carbocycles. The Morgan fingerprint density at radius 1 is 1.26 bits per heavy atom. The molecule has 4 rings (SSSR count). The summed E-state index contributed by atoms with van der Waals surface area (Å²) in [7, 11) is 5.87. The second-order valence-corrected chi connectivity index (χ2v) is 9.43. The molecule has 172 valence electrons. The van der Waals surface area contributed by atoms with Crippen molar-refractivity contribution in [2.45, 2.75) is 37.8 Å². The summed E-state index contributed by atoms with van der Waals surface area (Å²) in [6, 6.07) is 5.67. The number of ether oxygens (including phenoxy) is 2. The topological polar surface area (TPSA) is 79.3 Å². The number of carbonyl (C=O) groups is 2. The lowest BCUT2D eigenvalue weighted by Gasteiger charge is -2.41. The molecule has 2 saturated carbocycles. The summed E-state index contributed by atoms with van der Waals surface area (Å²) in [6.07, 6.45) is 5.04. The number of amides is 1.